The van der Waals surface area contributed by atoms with Gasteiger partial charge in [0.2, 0.25) is 0 Å². The maximum absolute atomic E-state index is 11.4. The molecule has 1 heterocycles. The third-order valence-corrected chi connectivity index (χ3v) is 4.46. The molecule has 0 bridgehead atoms. The highest BCUT2D eigenvalue weighted by atomic mass is 79.9. The number of carboxylic acids is 1. The van der Waals surface area contributed by atoms with E-state index in [0.717, 1.165) is 19.8 Å². The smallest absolute Gasteiger partial charge is 0.311 e. The van der Waals surface area contributed by atoms with E-state index in [2.05, 4.69) is 15.9 Å². The SMILES string of the molecule is Cc1ccc(C(Cc2ccc(Br)s2)C(=O)O)cc1. The fourth-order valence-electron chi connectivity index (χ4n) is 1.81. The van der Waals surface area contributed by atoms with Gasteiger partial charge in [-0.15, -0.1) is 11.3 Å². The second-order valence-electron chi connectivity index (χ2n) is 4.21. The fourth-order valence-corrected chi connectivity index (χ4v) is 3.34. The van der Waals surface area contributed by atoms with E-state index in [0.29, 0.717) is 6.42 Å². The van der Waals surface area contributed by atoms with Crippen molar-refractivity contribution in [1.82, 2.24) is 0 Å². The average molecular weight is 325 g/mol. The molecule has 0 amide bonds. The van der Waals surface area contributed by atoms with E-state index >= 15 is 0 Å². The molecule has 2 nitrogen and oxygen atoms in total. The lowest BCUT2D eigenvalue weighted by atomic mass is 9.94. The van der Waals surface area contributed by atoms with Gasteiger partial charge in [0.05, 0.1) is 9.70 Å². The first kappa shape index (κ1) is 13.3. The first-order valence-electron chi connectivity index (χ1n) is 5.60. The van der Waals surface area contributed by atoms with Crippen molar-refractivity contribution in [2.75, 3.05) is 0 Å². The van der Waals surface area contributed by atoms with Gasteiger partial charge in [-0.1, -0.05) is 29.8 Å². The summed E-state index contributed by atoms with van der Waals surface area (Å²) in [6.07, 6.45) is 0.536. The van der Waals surface area contributed by atoms with Crippen molar-refractivity contribution in [2.45, 2.75) is 19.3 Å². The Kier molecular flexibility index (Phi) is 4.19. The molecule has 94 valence electrons. The molecule has 0 aliphatic rings. The molecule has 2 aromatic rings. The normalized spacial score (nSPS) is 12.3. The minimum atomic E-state index is -0.775. The summed E-state index contributed by atoms with van der Waals surface area (Å²) in [6, 6.07) is 11.6. The fraction of sp³-hybridized carbons (Fsp3) is 0.214. The van der Waals surface area contributed by atoms with Gasteiger partial charge in [0, 0.05) is 4.88 Å². The van der Waals surface area contributed by atoms with Crippen LogP contribution in [0.5, 0.6) is 0 Å². The number of benzene rings is 1. The maximum Gasteiger partial charge on any atom is 0.311 e. The molecule has 1 unspecified atom stereocenters. The van der Waals surface area contributed by atoms with Crippen LogP contribution in [-0.2, 0) is 11.2 Å². The van der Waals surface area contributed by atoms with Crippen molar-refractivity contribution in [3.63, 3.8) is 0 Å². The molecular weight excluding hydrogens is 312 g/mol. The minimum Gasteiger partial charge on any atom is -0.481 e. The van der Waals surface area contributed by atoms with Crippen LogP contribution in [-0.4, -0.2) is 11.1 Å². The van der Waals surface area contributed by atoms with E-state index in [-0.39, 0.29) is 0 Å². The molecule has 1 aromatic heterocycles. The third kappa shape index (κ3) is 3.21. The molecule has 4 heteroatoms. The van der Waals surface area contributed by atoms with Crippen molar-refractivity contribution in [3.05, 3.63) is 56.2 Å². The van der Waals surface area contributed by atoms with Crippen LogP contribution < -0.4 is 0 Å². The summed E-state index contributed by atoms with van der Waals surface area (Å²) in [6.45, 7) is 2.00. The lowest BCUT2D eigenvalue weighted by molar-refractivity contribution is -0.138. The second-order valence-corrected chi connectivity index (χ2v) is 6.76. The molecule has 0 fully saturated rings. The molecule has 0 saturated heterocycles. The van der Waals surface area contributed by atoms with Gasteiger partial charge in [-0.3, -0.25) is 4.79 Å². The average Bonchev–Trinajstić information content (AvgIpc) is 2.73. The van der Waals surface area contributed by atoms with Crippen molar-refractivity contribution < 1.29 is 9.90 Å². The molecule has 1 atom stereocenters. The summed E-state index contributed by atoms with van der Waals surface area (Å²) in [7, 11) is 0. The predicted octanol–water partition coefficient (Wildman–Crippen LogP) is 4.23. The van der Waals surface area contributed by atoms with Gasteiger partial charge in [0.25, 0.3) is 0 Å². The molecule has 0 spiro atoms. The van der Waals surface area contributed by atoms with E-state index in [1.165, 1.54) is 0 Å². The predicted molar refractivity (Wildman–Crippen MR) is 77.3 cm³/mol. The number of aliphatic carboxylic acids is 1. The number of halogens is 1. The minimum absolute atomic E-state index is 0.476. The van der Waals surface area contributed by atoms with Gasteiger partial charge < -0.3 is 5.11 Å². The summed E-state index contributed by atoms with van der Waals surface area (Å²) in [5.41, 5.74) is 2.00. The van der Waals surface area contributed by atoms with Crippen LogP contribution >= 0.6 is 27.3 Å². The number of rotatable bonds is 4. The second kappa shape index (κ2) is 5.67. The van der Waals surface area contributed by atoms with Crippen LogP contribution in [0.4, 0.5) is 0 Å². The van der Waals surface area contributed by atoms with Gasteiger partial charge in [0.1, 0.15) is 0 Å². The Hall–Kier alpha value is -1.13. The molecule has 0 aliphatic heterocycles. The summed E-state index contributed by atoms with van der Waals surface area (Å²) < 4.78 is 1.03. The van der Waals surface area contributed by atoms with Crippen LogP contribution in [0.15, 0.2) is 40.2 Å². The number of hydrogen-bond donors (Lipinski definition) is 1. The zero-order valence-corrected chi connectivity index (χ0v) is 12.3. The van der Waals surface area contributed by atoms with Gasteiger partial charge >= 0.3 is 5.97 Å². The van der Waals surface area contributed by atoms with E-state index in [4.69, 9.17) is 0 Å². The van der Waals surface area contributed by atoms with Crippen LogP contribution in [0.2, 0.25) is 0 Å². The van der Waals surface area contributed by atoms with Gasteiger partial charge in [0.15, 0.2) is 0 Å². The molecule has 1 aromatic carbocycles. The Morgan fingerprint density at radius 2 is 1.94 bits per heavy atom. The highest BCUT2D eigenvalue weighted by molar-refractivity contribution is 9.11. The summed E-state index contributed by atoms with van der Waals surface area (Å²) in [5.74, 6) is -1.25. The summed E-state index contributed by atoms with van der Waals surface area (Å²) >= 11 is 4.98. The number of hydrogen-bond acceptors (Lipinski definition) is 2. The first-order valence-corrected chi connectivity index (χ1v) is 7.21. The highest BCUT2D eigenvalue weighted by Gasteiger charge is 2.20. The topological polar surface area (TPSA) is 37.3 Å². The molecule has 0 aliphatic carbocycles. The Bertz CT molecular complexity index is 545. The van der Waals surface area contributed by atoms with Crippen molar-refractivity contribution in [1.29, 1.82) is 0 Å². The first-order chi connectivity index (χ1) is 8.56. The molecule has 18 heavy (non-hydrogen) atoms. The molecule has 0 saturated carbocycles. The lowest BCUT2D eigenvalue weighted by Crippen LogP contribution is -2.13. The molecule has 2 rings (SSSR count). The lowest BCUT2D eigenvalue weighted by Gasteiger charge is -2.11. The van der Waals surface area contributed by atoms with Crippen LogP contribution in [0, 0.1) is 6.92 Å². The van der Waals surface area contributed by atoms with E-state index in [1.54, 1.807) is 11.3 Å². The standard InChI is InChI=1S/C14H13BrO2S/c1-9-2-4-10(5-3-9)12(14(16)17)8-11-6-7-13(15)18-11/h2-7,12H,8H2,1H3,(H,16,17). The molecule has 1 N–H and O–H groups in total. The van der Waals surface area contributed by atoms with Crippen LogP contribution in [0.1, 0.15) is 21.9 Å². The van der Waals surface area contributed by atoms with Crippen LogP contribution in [0.3, 0.4) is 0 Å². The Balaban J connectivity index is 2.23. The van der Waals surface area contributed by atoms with Crippen molar-refractivity contribution in [2.24, 2.45) is 0 Å². The molecular formula is C14H13BrO2S. The third-order valence-electron chi connectivity index (χ3n) is 2.81. The van der Waals surface area contributed by atoms with Gasteiger partial charge in [-0.25, -0.2) is 0 Å². The summed E-state index contributed by atoms with van der Waals surface area (Å²) in [5, 5.41) is 9.36. The monoisotopic (exact) mass is 324 g/mol. The quantitative estimate of drug-likeness (QED) is 0.913. The Labute approximate surface area is 118 Å². The zero-order valence-electron chi connectivity index (χ0n) is 9.89. The largest absolute Gasteiger partial charge is 0.481 e. The number of thiophene rings is 1. The maximum atomic E-state index is 11.4. The van der Waals surface area contributed by atoms with E-state index < -0.39 is 11.9 Å². The zero-order chi connectivity index (χ0) is 13.1. The van der Waals surface area contributed by atoms with E-state index in [1.807, 2.05) is 43.3 Å². The highest BCUT2D eigenvalue weighted by Crippen LogP contribution is 2.28. The number of aryl methyl sites for hydroxylation is 1. The summed E-state index contributed by atoms with van der Waals surface area (Å²) in [4.78, 5) is 12.5. The van der Waals surface area contributed by atoms with Crippen molar-refractivity contribution in [3.8, 4) is 0 Å². The van der Waals surface area contributed by atoms with E-state index in [9.17, 15) is 9.90 Å². The number of carboxylic acid groups (broad SMARTS) is 1. The van der Waals surface area contributed by atoms with Gasteiger partial charge in [-0.2, -0.15) is 0 Å². The Morgan fingerprint density at radius 1 is 1.28 bits per heavy atom. The number of carbonyl (C=O) groups is 1. The van der Waals surface area contributed by atoms with Crippen molar-refractivity contribution >= 4 is 33.2 Å². The van der Waals surface area contributed by atoms with Gasteiger partial charge in [-0.05, 0) is 47.0 Å². The Morgan fingerprint density at radius 3 is 2.44 bits per heavy atom. The van der Waals surface area contributed by atoms with Crippen LogP contribution in [0.25, 0.3) is 0 Å². The molecule has 0 radical (unpaired) electrons.